The lowest BCUT2D eigenvalue weighted by molar-refractivity contribution is 0.587. The van der Waals surface area contributed by atoms with Gasteiger partial charge in [-0.1, -0.05) is 55.9 Å². The van der Waals surface area contributed by atoms with Crippen molar-refractivity contribution in [1.82, 2.24) is 0 Å². The molecule has 1 aliphatic rings. The molecule has 0 radical (unpaired) electrons. The number of fused-ring (bicyclic) bond motifs is 1. The van der Waals surface area contributed by atoms with Crippen LogP contribution in [0.2, 0.25) is 0 Å². The third-order valence-electron chi connectivity index (χ3n) is 6.06. The molecule has 3 aromatic rings. The van der Waals surface area contributed by atoms with Crippen molar-refractivity contribution in [2.24, 2.45) is 4.99 Å². The van der Waals surface area contributed by atoms with Crippen molar-refractivity contribution >= 4 is 34.7 Å². The Bertz CT molecular complexity index is 1310. The van der Waals surface area contributed by atoms with E-state index < -0.39 is 17.3 Å². The summed E-state index contributed by atoms with van der Waals surface area (Å²) in [6.07, 6.45) is 8.31. The summed E-state index contributed by atoms with van der Waals surface area (Å²) in [7, 11) is 0. The average molecular weight is 470 g/mol. The minimum absolute atomic E-state index is 0.398. The molecule has 34 heavy (non-hydrogen) atoms. The van der Waals surface area contributed by atoms with E-state index in [2.05, 4.69) is 66.3 Å². The summed E-state index contributed by atoms with van der Waals surface area (Å²) >= 11 is 4.46. The van der Waals surface area contributed by atoms with Crippen molar-refractivity contribution < 1.29 is 8.78 Å². The number of hydrogen-bond acceptors (Lipinski definition) is 2. The molecule has 0 amide bonds. The lowest BCUT2D eigenvalue weighted by Gasteiger charge is -2.17. The van der Waals surface area contributed by atoms with Crippen LogP contribution >= 0.6 is 12.2 Å². The number of benzene rings is 3. The maximum atomic E-state index is 14.3. The highest BCUT2D eigenvalue weighted by Gasteiger charge is 2.16. The highest BCUT2D eigenvalue weighted by atomic mass is 32.1. The molecule has 1 aliphatic carbocycles. The van der Waals surface area contributed by atoms with E-state index in [0.717, 1.165) is 35.1 Å². The molecular weight excluding hydrogens is 444 g/mol. The molecule has 0 fully saturated rings. The summed E-state index contributed by atoms with van der Waals surface area (Å²) in [4.78, 5) is 3.48. The van der Waals surface area contributed by atoms with Crippen LogP contribution in [0.5, 0.6) is 0 Å². The normalized spacial score (nSPS) is 12.1. The number of isothiocyanates is 1. The van der Waals surface area contributed by atoms with E-state index in [4.69, 9.17) is 0 Å². The Morgan fingerprint density at radius 1 is 0.882 bits per heavy atom. The second kappa shape index (κ2) is 11.2. The van der Waals surface area contributed by atoms with E-state index in [0.29, 0.717) is 12.0 Å². The molecule has 0 saturated heterocycles. The van der Waals surface area contributed by atoms with Crippen LogP contribution in [0, 0.1) is 23.5 Å². The first-order chi connectivity index (χ1) is 16.6. The molecule has 4 rings (SSSR count). The molecule has 0 atom stereocenters. The minimum Gasteiger partial charge on any atom is -0.204 e. The smallest absolute Gasteiger partial charge is 0.153 e. The van der Waals surface area contributed by atoms with Crippen molar-refractivity contribution in [3.63, 3.8) is 0 Å². The van der Waals surface area contributed by atoms with E-state index in [1.807, 2.05) is 23.4 Å². The van der Waals surface area contributed by atoms with Gasteiger partial charge >= 0.3 is 0 Å². The lowest BCUT2D eigenvalue weighted by atomic mass is 9.87. The molecule has 1 nitrogen and oxygen atoms in total. The minimum atomic E-state index is -0.737. The zero-order chi connectivity index (χ0) is 23.9. The average Bonchev–Trinajstić information content (AvgIpc) is 2.85. The molecule has 0 N–H and O–H groups in total. The van der Waals surface area contributed by atoms with Gasteiger partial charge in [-0.2, -0.15) is 4.99 Å². The Morgan fingerprint density at radius 2 is 1.59 bits per heavy atom. The summed E-state index contributed by atoms with van der Waals surface area (Å²) in [5.41, 5.74) is 6.56. The van der Waals surface area contributed by atoms with Crippen LogP contribution < -0.4 is 0 Å². The van der Waals surface area contributed by atoms with Crippen LogP contribution in [0.15, 0.2) is 59.6 Å². The maximum absolute atomic E-state index is 14.3. The Hall–Kier alpha value is -3.38. The molecule has 0 unspecified atom stereocenters. The van der Waals surface area contributed by atoms with Crippen LogP contribution in [-0.2, 0) is 12.8 Å². The number of aliphatic imine (C=N–C) groups is 1. The molecule has 0 aromatic heterocycles. The summed E-state index contributed by atoms with van der Waals surface area (Å²) in [6.45, 7) is 2.22. The highest BCUT2D eigenvalue weighted by Crippen LogP contribution is 2.34. The molecule has 0 bridgehead atoms. The number of halogens is 2. The number of unbranched alkanes of at least 4 members (excludes halogenated alkanes) is 2. The Morgan fingerprint density at radius 3 is 2.29 bits per heavy atom. The van der Waals surface area contributed by atoms with E-state index in [1.165, 1.54) is 42.5 Å². The highest BCUT2D eigenvalue weighted by molar-refractivity contribution is 7.78. The first-order valence-corrected chi connectivity index (χ1v) is 12.0. The van der Waals surface area contributed by atoms with Gasteiger partial charge in [0, 0.05) is 11.1 Å². The molecule has 170 valence electrons. The van der Waals surface area contributed by atoms with Gasteiger partial charge in [0.25, 0.3) is 0 Å². The van der Waals surface area contributed by atoms with Crippen molar-refractivity contribution in [2.45, 2.75) is 45.4 Å². The standard InChI is InChI=1S/C30H25F2NS/c1-2-3-4-5-21-6-8-22(9-7-21)10-11-23-12-13-25-17-26(15-14-24(25)16-23)27-18-28(31)30(33-20-34)29(32)19-27/h6-9,12-13,16-19H,2-5,14-15H2,1H3. The number of hydrogen-bond donors (Lipinski definition) is 0. The predicted molar refractivity (Wildman–Crippen MR) is 139 cm³/mol. The van der Waals surface area contributed by atoms with Crippen molar-refractivity contribution in [3.8, 4) is 11.8 Å². The van der Waals surface area contributed by atoms with E-state index in [9.17, 15) is 8.78 Å². The zero-order valence-electron chi connectivity index (χ0n) is 19.1. The van der Waals surface area contributed by atoms with Gasteiger partial charge in [-0.15, -0.1) is 0 Å². The SMILES string of the molecule is CCCCCc1ccc(C#Cc2ccc3c(c2)CCC(c2cc(F)c(N=C=S)c(F)c2)=C3)cc1. The molecular formula is C30H25F2NS. The molecule has 4 heteroatoms. The van der Waals surface area contributed by atoms with Crippen LogP contribution in [0.3, 0.4) is 0 Å². The summed E-state index contributed by atoms with van der Waals surface area (Å²) < 4.78 is 28.5. The topological polar surface area (TPSA) is 12.4 Å². The fourth-order valence-corrected chi connectivity index (χ4v) is 4.27. The van der Waals surface area contributed by atoms with E-state index in [1.54, 1.807) is 0 Å². The zero-order valence-corrected chi connectivity index (χ0v) is 19.9. The molecule has 0 spiro atoms. The first-order valence-electron chi connectivity index (χ1n) is 11.6. The molecule has 0 saturated carbocycles. The Balaban J connectivity index is 1.50. The summed E-state index contributed by atoms with van der Waals surface area (Å²) in [5, 5.41) is 2.02. The van der Waals surface area contributed by atoms with Gasteiger partial charge in [0.2, 0.25) is 0 Å². The maximum Gasteiger partial charge on any atom is 0.153 e. The van der Waals surface area contributed by atoms with Gasteiger partial charge in [0.05, 0.1) is 5.16 Å². The van der Waals surface area contributed by atoms with Gasteiger partial charge < -0.3 is 0 Å². The molecule has 0 aliphatic heterocycles. The van der Waals surface area contributed by atoms with E-state index >= 15 is 0 Å². The quantitative estimate of drug-likeness (QED) is 0.153. The number of nitrogens with zero attached hydrogens (tertiary/aromatic N) is 1. The number of thiocarbonyl (C=S) groups is 1. The fourth-order valence-electron chi connectivity index (χ4n) is 4.18. The largest absolute Gasteiger partial charge is 0.204 e. The van der Waals surface area contributed by atoms with Crippen molar-refractivity contribution in [2.75, 3.05) is 0 Å². The van der Waals surface area contributed by atoms with Gasteiger partial charge in [0.15, 0.2) is 11.6 Å². The van der Waals surface area contributed by atoms with Crippen LogP contribution in [0.4, 0.5) is 14.5 Å². The van der Waals surface area contributed by atoms with Gasteiger partial charge in [-0.05, 0) is 102 Å². The third-order valence-corrected chi connectivity index (χ3v) is 6.15. The summed E-state index contributed by atoms with van der Waals surface area (Å²) in [6, 6.07) is 17.2. The first kappa shape index (κ1) is 23.8. The number of allylic oxidation sites excluding steroid dienone is 1. The van der Waals surface area contributed by atoms with E-state index in [-0.39, 0.29) is 0 Å². The third kappa shape index (κ3) is 5.75. The Kier molecular flexibility index (Phi) is 7.80. The van der Waals surface area contributed by atoms with Crippen molar-refractivity contribution in [1.29, 1.82) is 0 Å². The molecule has 0 heterocycles. The monoisotopic (exact) mass is 469 g/mol. The van der Waals surface area contributed by atoms with Crippen LogP contribution in [0.1, 0.15) is 66.0 Å². The predicted octanol–water partition coefficient (Wildman–Crippen LogP) is 8.32. The second-order valence-electron chi connectivity index (χ2n) is 8.48. The summed E-state index contributed by atoms with van der Waals surface area (Å²) in [5.74, 6) is 5.04. The number of rotatable bonds is 6. The Labute approximate surface area is 205 Å². The fraction of sp³-hybridized carbons (Fsp3) is 0.233. The van der Waals surface area contributed by atoms with Gasteiger partial charge in [0.1, 0.15) is 5.69 Å². The van der Waals surface area contributed by atoms with Crippen molar-refractivity contribution in [3.05, 3.63) is 99.6 Å². The lowest BCUT2D eigenvalue weighted by Crippen LogP contribution is -2.00. The van der Waals surface area contributed by atoms with Gasteiger partial charge in [-0.3, -0.25) is 0 Å². The second-order valence-corrected chi connectivity index (χ2v) is 8.66. The van der Waals surface area contributed by atoms with Crippen LogP contribution in [0.25, 0.3) is 11.6 Å². The molecule has 3 aromatic carbocycles. The van der Waals surface area contributed by atoms with Crippen LogP contribution in [-0.4, -0.2) is 5.16 Å². The van der Waals surface area contributed by atoms with Gasteiger partial charge in [-0.25, -0.2) is 8.78 Å². The number of aryl methyl sites for hydroxylation is 2.